The summed E-state index contributed by atoms with van der Waals surface area (Å²) in [6, 6.07) is 3.92. The Labute approximate surface area is 124 Å². The van der Waals surface area contributed by atoms with Gasteiger partial charge in [0.05, 0.1) is 16.6 Å². The highest BCUT2D eigenvalue weighted by atomic mass is 32.2. The number of carboxylic acid groups (broad SMARTS) is 1. The Morgan fingerprint density at radius 2 is 2.10 bits per heavy atom. The van der Waals surface area contributed by atoms with Gasteiger partial charge in [0.1, 0.15) is 0 Å². The van der Waals surface area contributed by atoms with Crippen molar-refractivity contribution < 1.29 is 23.1 Å². The molecular weight excluding hydrogens is 294 g/mol. The number of ether oxygens (including phenoxy) is 1. The fraction of sp³-hybridized carbons (Fsp3) is 0.500. The molecule has 0 radical (unpaired) electrons. The molecule has 0 amide bonds. The summed E-state index contributed by atoms with van der Waals surface area (Å²) < 4.78 is 32.7. The highest BCUT2D eigenvalue weighted by Gasteiger charge is 2.29. The van der Waals surface area contributed by atoms with Crippen molar-refractivity contribution in [3.8, 4) is 0 Å². The van der Waals surface area contributed by atoms with Gasteiger partial charge >= 0.3 is 5.97 Å². The molecule has 0 bridgehead atoms. The fourth-order valence-electron chi connectivity index (χ4n) is 2.57. The third-order valence-electron chi connectivity index (χ3n) is 3.76. The molecular formula is C14H19NO5S. The molecule has 7 heteroatoms. The van der Waals surface area contributed by atoms with E-state index in [4.69, 9.17) is 9.84 Å². The number of aromatic carboxylic acids is 1. The maximum Gasteiger partial charge on any atom is 0.335 e. The molecule has 2 N–H and O–H groups in total. The maximum absolute atomic E-state index is 12.4. The van der Waals surface area contributed by atoms with Gasteiger partial charge in [0.15, 0.2) is 0 Å². The number of benzene rings is 1. The molecule has 116 valence electrons. The Balaban J connectivity index is 2.23. The van der Waals surface area contributed by atoms with Crippen LogP contribution in [0.1, 0.15) is 35.2 Å². The third-order valence-corrected chi connectivity index (χ3v) is 5.43. The summed E-state index contributed by atoms with van der Waals surface area (Å²) in [5, 5.41) is 8.98. The van der Waals surface area contributed by atoms with Gasteiger partial charge in [-0.1, -0.05) is 6.07 Å². The van der Waals surface area contributed by atoms with Crippen molar-refractivity contribution in [2.45, 2.75) is 43.2 Å². The molecule has 2 unspecified atom stereocenters. The van der Waals surface area contributed by atoms with Crippen LogP contribution in [0.25, 0.3) is 0 Å². The highest BCUT2D eigenvalue weighted by molar-refractivity contribution is 7.89. The number of sulfonamides is 1. The Kier molecular flexibility index (Phi) is 4.65. The summed E-state index contributed by atoms with van der Waals surface area (Å²) in [4.78, 5) is 11.0. The van der Waals surface area contributed by atoms with Crippen LogP contribution in [0.4, 0.5) is 0 Å². The van der Waals surface area contributed by atoms with E-state index in [2.05, 4.69) is 4.72 Å². The van der Waals surface area contributed by atoms with E-state index in [0.717, 1.165) is 12.8 Å². The minimum atomic E-state index is -3.73. The van der Waals surface area contributed by atoms with E-state index in [0.29, 0.717) is 12.0 Å². The second-order valence-electron chi connectivity index (χ2n) is 5.27. The predicted octanol–water partition coefficient (Wildman–Crippen LogP) is 1.54. The van der Waals surface area contributed by atoms with Crippen molar-refractivity contribution in [3.63, 3.8) is 0 Å². The van der Waals surface area contributed by atoms with E-state index in [-0.39, 0.29) is 22.6 Å². The van der Waals surface area contributed by atoms with Crippen LogP contribution >= 0.6 is 0 Å². The van der Waals surface area contributed by atoms with Gasteiger partial charge in [-0.15, -0.1) is 0 Å². The molecule has 0 aliphatic heterocycles. The smallest absolute Gasteiger partial charge is 0.335 e. The van der Waals surface area contributed by atoms with E-state index in [9.17, 15) is 13.2 Å². The van der Waals surface area contributed by atoms with Crippen LogP contribution in [0, 0.1) is 6.92 Å². The van der Waals surface area contributed by atoms with Gasteiger partial charge in [0, 0.05) is 13.2 Å². The van der Waals surface area contributed by atoms with Crippen LogP contribution in [0.2, 0.25) is 0 Å². The number of nitrogens with one attached hydrogen (secondary N) is 1. The molecule has 1 aliphatic rings. The molecule has 2 atom stereocenters. The van der Waals surface area contributed by atoms with Crippen molar-refractivity contribution in [2.75, 3.05) is 7.11 Å². The second-order valence-corrected chi connectivity index (χ2v) is 6.96. The average Bonchev–Trinajstić information content (AvgIpc) is 2.85. The van der Waals surface area contributed by atoms with Gasteiger partial charge in [-0.05, 0) is 43.9 Å². The number of aryl methyl sites for hydroxylation is 1. The summed E-state index contributed by atoms with van der Waals surface area (Å²) in [6.45, 7) is 1.65. The van der Waals surface area contributed by atoms with Crippen LogP contribution in [0.5, 0.6) is 0 Å². The van der Waals surface area contributed by atoms with E-state index in [1.54, 1.807) is 14.0 Å². The zero-order valence-corrected chi connectivity index (χ0v) is 12.8. The van der Waals surface area contributed by atoms with Gasteiger partial charge in [0.25, 0.3) is 0 Å². The zero-order chi connectivity index (χ0) is 15.6. The Hall–Kier alpha value is -1.44. The molecule has 1 aromatic rings. The molecule has 0 spiro atoms. The summed E-state index contributed by atoms with van der Waals surface area (Å²) in [5.74, 6) is -1.15. The van der Waals surface area contributed by atoms with Crippen LogP contribution in [0.15, 0.2) is 23.1 Å². The normalized spacial score (nSPS) is 22.4. The minimum absolute atomic E-state index is 0.0169. The number of hydrogen-bond acceptors (Lipinski definition) is 4. The van der Waals surface area contributed by atoms with E-state index in [1.165, 1.54) is 18.2 Å². The molecule has 2 rings (SSSR count). The Bertz CT molecular complexity index is 641. The number of hydrogen-bond donors (Lipinski definition) is 2. The summed E-state index contributed by atoms with van der Waals surface area (Å²) in [7, 11) is -2.12. The van der Waals surface area contributed by atoms with Gasteiger partial charge in [-0.2, -0.15) is 0 Å². The third kappa shape index (κ3) is 3.61. The molecule has 21 heavy (non-hydrogen) atoms. The minimum Gasteiger partial charge on any atom is -0.478 e. The lowest BCUT2D eigenvalue weighted by molar-refractivity contribution is 0.0696. The lowest BCUT2D eigenvalue weighted by Crippen LogP contribution is -2.34. The SMILES string of the molecule is COC1CCC(NS(=O)(=O)c2cc(C(=O)O)ccc2C)C1. The highest BCUT2D eigenvalue weighted by Crippen LogP contribution is 2.24. The van der Waals surface area contributed by atoms with Gasteiger partial charge in [0.2, 0.25) is 10.0 Å². The molecule has 6 nitrogen and oxygen atoms in total. The first-order valence-electron chi connectivity index (χ1n) is 6.72. The van der Waals surface area contributed by atoms with Crippen LogP contribution in [-0.2, 0) is 14.8 Å². The number of carboxylic acids is 1. The first-order chi connectivity index (χ1) is 9.83. The van der Waals surface area contributed by atoms with Crippen molar-refractivity contribution in [2.24, 2.45) is 0 Å². The molecule has 0 heterocycles. The van der Waals surface area contributed by atoms with Crippen LogP contribution in [-0.4, -0.2) is 38.7 Å². The summed E-state index contributed by atoms with van der Waals surface area (Å²) >= 11 is 0. The quantitative estimate of drug-likeness (QED) is 0.860. The van der Waals surface area contributed by atoms with E-state index < -0.39 is 16.0 Å². The molecule has 1 aliphatic carbocycles. The first kappa shape index (κ1) is 15.9. The second kappa shape index (κ2) is 6.13. The lowest BCUT2D eigenvalue weighted by atomic mass is 10.1. The Morgan fingerprint density at radius 1 is 1.38 bits per heavy atom. The van der Waals surface area contributed by atoms with Crippen molar-refractivity contribution >= 4 is 16.0 Å². The monoisotopic (exact) mass is 313 g/mol. The standard InChI is InChI=1S/C14H19NO5S/c1-9-3-4-10(14(16)17)7-13(9)21(18,19)15-11-5-6-12(8-11)20-2/h3-4,7,11-12,15H,5-6,8H2,1-2H3,(H,16,17). The maximum atomic E-state index is 12.4. The van der Waals surface area contributed by atoms with Gasteiger partial charge < -0.3 is 9.84 Å². The molecule has 1 aromatic carbocycles. The van der Waals surface area contributed by atoms with Gasteiger partial charge in [-0.25, -0.2) is 17.9 Å². The molecule has 0 aromatic heterocycles. The summed E-state index contributed by atoms with van der Waals surface area (Å²) in [5.41, 5.74) is 0.482. The van der Waals surface area contributed by atoms with Crippen molar-refractivity contribution in [3.05, 3.63) is 29.3 Å². The fourth-order valence-corrected chi connectivity index (χ4v) is 4.12. The van der Waals surface area contributed by atoms with Gasteiger partial charge in [-0.3, -0.25) is 0 Å². The van der Waals surface area contributed by atoms with Crippen LogP contribution < -0.4 is 4.72 Å². The van der Waals surface area contributed by atoms with E-state index in [1.807, 2.05) is 0 Å². The largest absolute Gasteiger partial charge is 0.478 e. The summed E-state index contributed by atoms with van der Waals surface area (Å²) in [6.07, 6.45) is 2.24. The molecule has 1 fully saturated rings. The first-order valence-corrected chi connectivity index (χ1v) is 8.21. The molecule has 1 saturated carbocycles. The predicted molar refractivity (Wildman–Crippen MR) is 76.9 cm³/mol. The topological polar surface area (TPSA) is 92.7 Å². The van der Waals surface area contributed by atoms with Crippen molar-refractivity contribution in [1.29, 1.82) is 0 Å². The van der Waals surface area contributed by atoms with Crippen molar-refractivity contribution in [1.82, 2.24) is 4.72 Å². The number of rotatable bonds is 5. The Morgan fingerprint density at radius 3 is 2.67 bits per heavy atom. The van der Waals surface area contributed by atoms with E-state index >= 15 is 0 Å². The number of methoxy groups -OCH3 is 1. The van der Waals surface area contributed by atoms with Crippen LogP contribution in [0.3, 0.4) is 0 Å². The zero-order valence-electron chi connectivity index (χ0n) is 12.0. The lowest BCUT2D eigenvalue weighted by Gasteiger charge is -2.15. The molecule has 0 saturated heterocycles. The average molecular weight is 313 g/mol. The number of carbonyl (C=O) groups is 1.